The number of rotatable bonds is 3. The summed E-state index contributed by atoms with van der Waals surface area (Å²) in [5.41, 5.74) is 2.70. The zero-order chi connectivity index (χ0) is 25.3. The maximum absolute atomic E-state index is 14.0. The monoisotopic (exact) mass is 513 g/mol. The third-order valence-corrected chi connectivity index (χ3v) is 7.66. The van der Waals surface area contributed by atoms with E-state index in [-0.39, 0.29) is 18.6 Å². The van der Waals surface area contributed by atoms with E-state index in [0.717, 1.165) is 11.3 Å². The highest BCUT2D eigenvalue weighted by Gasteiger charge is 2.64. The Morgan fingerprint density at radius 3 is 2.51 bits per heavy atom. The van der Waals surface area contributed by atoms with Gasteiger partial charge in [0.1, 0.15) is 6.04 Å². The SMILES string of the molecule is O=C(Nc1ccc(Cl)cc1)C1C2C(=O)N(c3ccc4c(c3)OCO4)C(=O)C2C2C=Cc3ccccc3N21. The summed E-state index contributed by atoms with van der Waals surface area (Å²) in [5.74, 6) is -1.67. The third kappa shape index (κ3) is 3.25. The number of nitrogens with zero attached hydrogens (tertiary/aromatic N) is 2. The van der Waals surface area contributed by atoms with Crippen LogP contribution in [0.15, 0.2) is 72.8 Å². The summed E-state index contributed by atoms with van der Waals surface area (Å²) in [6.07, 6.45) is 3.87. The van der Waals surface area contributed by atoms with Crippen LogP contribution in [-0.2, 0) is 14.4 Å². The summed E-state index contributed by atoms with van der Waals surface area (Å²) in [7, 11) is 0. The lowest BCUT2D eigenvalue weighted by Gasteiger charge is -2.36. The molecule has 0 aliphatic carbocycles. The van der Waals surface area contributed by atoms with Crippen LogP contribution < -0.4 is 24.6 Å². The van der Waals surface area contributed by atoms with E-state index in [9.17, 15) is 14.4 Å². The summed E-state index contributed by atoms with van der Waals surface area (Å²) in [5, 5.41) is 3.48. The number of fused-ring (bicyclic) bond motifs is 6. The number of nitrogens with one attached hydrogen (secondary N) is 1. The van der Waals surface area contributed by atoms with Gasteiger partial charge in [-0.15, -0.1) is 0 Å². The molecule has 2 saturated heterocycles. The molecule has 3 aromatic carbocycles. The van der Waals surface area contributed by atoms with Gasteiger partial charge in [0.05, 0.1) is 23.6 Å². The van der Waals surface area contributed by atoms with Crippen LogP contribution in [0.3, 0.4) is 0 Å². The minimum atomic E-state index is -0.896. The topological polar surface area (TPSA) is 88.2 Å². The lowest BCUT2D eigenvalue weighted by molar-refractivity contribution is -0.126. The summed E-state index contributed by atoms with van der Waals surface area (Å²) < 4.78 is 10.8. The van der Waals surface area contributed by atoms with Crippen molar-refractivity contribution in [1.82, 2.24) is 0 Å². The second-order valence-corrected chi connectivity index (χ2v) is 9.79. The van der Waals surface area contributed by atoms with E-state index in [1.807, 2.05) is 41.3 Å². The van der Waals surface area contributed by atoms with E-state index in [1.165, 1.54) is 4.90 Å². The largest absolute Gasteiger partial charge is 0.454 e. The molecule has 7 rings (SSSR count). The summed E-state index contributed by atoms with van der Waals surface area (Å²) >= 11 is 6.01. The molecule has 3 aromatic rings. The first kappa shape index (κ1) is 21.9. The van der Waals surface area contributed by atoms with Crippen molar-refractivity contribution in [3.05, 3.63) is 83.4 Å². The van der Waals surface area contributed by atoms with Gasteiger partial charge in [-0.25, -0.2) is 4.90 Å². The van der Waals surface area contributed by atoms with Gasteiger partial charge in [-0.3, -0.25) is 14.4 Å². The highest BCUT2D eigenvalue weighted by Crippen LogP contribution is 2.50. The summed E-state index contributed by atoms with van der Waals surface area (Å²) in [4.78, 5) is 44.7. The van der Waals surface area contributed by atoms with Crippen LogP contribution in [0.4, 0.5) is 17.1 Å². The lowest BCUT2D eigenvalue weighted by atomic mass is 9.88. The van der Waals surface area contributed by atoms with Gasteiger partial charge in [-0.1, -0.05) is 42.0 Å². The van der Waals surface area contributed by atoms with Crippen LogP contribution in [0.2, 0.25) is 5.02 Å². The molecule has 4 heterocycles. The van der Waals surface area contributed by atoms with Gasteiger partial charge in [-0.2, -0.15) is 0 Å². The van der Waals surface area contributed by atoms with Crippen molar-refractivity contribution < 1.29 is 23.9 Å². The summed E-state index contributed by atoms with van der Waals surface area (Å²) in [6.45, 7) is 0.0834. The fourth-order valence-electron chi connectivity index (χ4n) is 5.84. The Hall–Kier alpha value is -4.30. The molecule has 0 saturated carbocycles. The molecule has 9 heteroatoms. The Kier molecular flexibility index (Phi) is 4.81. The van der Waals surface area contributed by atoms with E-state index < -0.39 is 29.8 Å². The van der Waals surface area contributed by atoms with Crippen LogP contribution in [0.1, 0.15) is 5.56 Å². The first-order valence-electron chi connectivity index (χ1n) is 11.9. The average Bonchev–Trinajstić information content (AvgIpc) is 3.58. The lowest BCUT2D eigenvalue weighted by Crippen LogP contribution is -2.50. The number of hydrogen-bond donors (Lipinski definition) is 1. The number of ether oxygens (including phenoxy) is 2. The number of imide groups is 1. The molecule has 37 heavy (non-hydrogen) atoms. The van der Waals surface area contributed by atoms with Crippen LogP contribution in [0.5, 0.6) is 11.5 Å². The van der Waals surface area contributed by atoms with Crippen molar-refractivity contribution in [1.29, 1.82) is 0 Å². The molecule has 4 aliphatic heterocycles. The molecule has 4 aliphatic rings. The standard InChI is InChI=1S/C28H20ClN3O5/c29-16-6-8-17(9-7-16)30-26(33)25-24-23(20-11-5-15-3-1-2-4-19(15)32(20)25)27(34)31(28(24)35)18-10-12-21-22(13-18)37-14-36-21/h1-13,20,23-25H,14H2,(H,30,33). The molecule has 0 bridgehead atoms. The van der Waals surface area contributed by atoms with Crippen molar-refractivity contribution in [3.63, 3.8) is 0 Å². The first-order chi connectivity index (χ1) is 18.0. The fourth-order valence-corrected chi connectivity index (χ4v) is 5.97. The van der Waals surface area contributed by atoms with E-state index in [2.05, 4.69) is 5.32 Å². The Balaban J connectivity index is 1.30. The van der Waals surface area contributed by atoms with Crippen LogP contribution in [0, 0.1) is 11.8 Å². The van der Waals surface area contributed by atoms with E-state index in [4.69, 9.17) is 21.1 Å². The number of carbonyl (C=O) groups is 3. The second kappa shape index (κ2) is 8.11. The average molecular weight is 514 g/mol. The van der Waals surface area contributed by atoms with Crippen molar-refractivity contribution in [2.24, 2.45) is 11.8 Å². The zero-order valence-corrected chi connectivity index (χ0v) is 20.1. The molecule has 8 nitrogen and oxygen atoms in total. The molecule has 1 N–H and O–H groups in total. The van der Waals surface area contributed by atoms with Crippen LogP contribution >= 0.6 is 11.6 Å². The van der Waals surface area contributed by atoms with Crippen molar-refractivity contribution >= 4 is 52.5 Å². The van der Waals surface area contributed by atoms with E-state index >= 15 is 0 Å². The second-order valence-electron chi connectivity index (χ2n) is 9.36. The molecular weight excluding hydrogens is 494 g/mol. The quantitative estimate of drug-likeness (QED) is 0.531. The Labute approximate surface area is 217 Å². The van der Waals surface area contributed by atoms with Crippen molar-refractivity contribution in [2.45, 2.75) is 12.1 Å². The van der Waals surface area contributed by atoms with Gasteiger partial charge in [-0.05, 0) is 48.0 Å². The number of halogens is 1. The van der Waals surface area contributed by atoms with Gasteiger partial charge in [0, 0.05) is 22.5 Å². The number of benzene rings is 3. The smallest absolute Gasteiger partial charge is 0.247 e. The van der Waals surface area contributed by atoms with Crippen LogP contribution in [0.25, 0.3) is 6.08 Å². The predicted molar refractivity (Wildman–Crippen MR) is 138 cm³/mol. The molecule has 4 unspecified atom stereocenters. The van der Waals surface area contributed by atoms with Crippen molar-refractivity contribution in [3.8, 4) is 11.5 Å². The molecule has 0 spiro atoms. The van der Waals surface area contributed by atoms with Crippen molar-refractivity contribution in [2.75, 3.05) is 21.9 Å². The number of hydrogen-bond acceptors (Lipinski definition) is 6. The highest BCUT2D eigenvalue weighted by atomic mass is 35.5. The van der Waals surface area contributed by atoms with Gasteiger partial charge < -0.3 is 19.7 Å². The van der Waals surface area contributed by atoms with Crippen LogP contribution in [-0.4, -0.2) is 36.6 Å². The maximum atomic E-state index is 14.0. The fraction of sp³-hybridized carbons (Fsp3) is 0.179. The van der Waals surface area contributed by atoms with Gasteiger partial charge in [0.25, 0.3) is 0 Å². The molecule has 0 aromatic heterocycles. The van der Waals surface area contributed by atoms with E-state index in [0.29, 0.717) is 27.9 Å². The molecule has 3 amide bonds. The molecule has 4 atom stereocenters. The molecule has 184 valence electrons. The normalized spacial score (nSPS) is 24.7. The first-order valence-corrected chi connectivity index (χ1v) is 12.3. The Bertz CT molecular complexity index is 1500. The van der Waals surface area contributed by atoms with E-state index in [1.54, 1.807) is 42.5 Å². The number of amides is 3. The number of carbonyl (C=O) groups excluding carboxylic acids is 3. The van der Waals surface area contributed by atoms with Gasteiger partial charge >= 0.3 is 0 Å². The van der Waals surface area contributed by atoms with Gasteiger partial charge in [0.2, 0.25) is 24.5 Å². The molecule has 2 fully saturated rings. The predicted octanol–water partition coefficient (Wildman–Crippen LogP) is 4.10. The van der Waals surface area contributed by atoms with Gasteiger partial charge in [0.15, 0.2) is 11.5 Å². The number of para-hydroxylation sites is 1. The minimum Gasteiger partial charge on any atom is -0.454 e. The molecule has 0 radical (unpaired) electrons. The minimum absolute atomic E-state index is 0.0834. The number of anilines is 3. The zero-order valence-electron chi connectivity index (χ0n) is 19.3. The Morgan fingerprint density at radius 2 is 1.68 bits per heavy atom. The Morgan fingerprint density at radius 1 is 0.919 bits per heavy atom. The highest BCUT2D eigenvalue weighted by molar-refractivity contribution is 6.30. The third-order valence-electron chi connectivity index (χ3n) is 7.41. The maximum Gasteiger partial charge on any atom is 0.247 e. The summed E-state index contributed by atoms with van der Waals surface area (Å²) in [6, 6.07) is 18.1. The molecular formula is C28H20ClN3O5.